The number of methoxy groups -OCH3 is 2. The number of aromatic nitrogens is 2. The third kappa shape index (κ3) is 3.48. The van der Waals surface area contributed by atoms with Crippen LogP contribution in [0.1, 0.15) is 32.1 Å². The smallest absolute Gasteiger partial charge is 0.231 e. The summed E-state index contributed by atoms with van der Waals surface area (Å²) in [6.07, 6.45) is 4.81. The van der Waals surface area contributed by atoms with Crippen LogP contribution in [0.4, 0.5) is 5.95 Å². The summed E-state index contributed by atoms with van der Waals surface area (Å²) in [5.74, 6) is 1.86. The Labute approximate surface area is 136 Å². The van der Waals surface area contributed by atoms with Gasteiger partial charge in [0.25, 0.3) is 0 Å². The molecule has 1 aromatic rings. The molecule has 1 aromatic heterocycles. The summed E-state index contributed by atoms with van der Waals surface area (Å²) >= 11 is 0. The second-order valence-electron chi connectivity index (χ2n) is 6.34. The summed E-state index contributed by atoms with van der Waals surface area (Å²) in [6.45, 7) is 2.58. The van der Waals surface area contributed by atoms with Crippen molar-refractivity contribution < 1.29 is 14.3 Å². The van der Waals surface area contributed by atoms with Crippen molar-refractivity contribution in [2.24, 2.45) is 5.41 Å². The Bertz CT molecular complexity index is 548. The molecule has 0 atom stereocenters. The summed E-state index contributed by atoms with van der Waals surface area (Å²) in [5.41, 5.74) is 0.276. The molecule has 0 radical (unpaired) electrons. The third-order valence-electron chi connectivity index (χ3n) is 5.05. The highest BCUT2D eigenvalue weighted by Gasteiger charge is 2.36. The van der Waals surface area contributed by atoms with E-state index in [0.29, 0.717) is 24.1 Å². The minimum atomic E-state index is 0.185. The van der Waals surface area contributed by atoms with E-state index in [1.807, 2.05) is 0 Å². The number of rotatable bonds is 3. The van der Waals surface area contributed by atoms with Gasteiger partial charge >= 0.3 is 0 Å². The fraction of sp³-hybridized carbons (Fsp3) is 0.688. The van der Waals surface area contributed by atoms with E-state index in [2.05, 4.69) is 20.2 Å². The number of hydrogen-bond donors (Lipinski definition) is 1. The Morgan fingerprint density at radius 2 is 1.74 bits per heavy atom. The highest BCUT2D eigenvalue weighted by atomic mass is 16.5. The second kappa shape index (κ2) is 6.60. The maximum Gasteiger partial charge on any atom is 0.231 e. The van der Waals surface area contributed by atoms with Crippen LogP contribution in [-0.2, 0) is 4.79 Å². The Kier molecular flexibility index (Phi) is 4.54. The molecule has 1 amide bonds. The number of ether oxygens (including phenoxy) is 2. The summed E-state index contributed by atoms with van der Waals surface area (Å²) < 4.78 is 10.4. The summed E-state index contributed by atoms with van der Waals surface area (Å²) in [7, 11) is 3.18. The standard InChI is InChI=1S/C16H24N4O3/c1-22-13-11-14(23-2)19-15(18-13)20-9-6-16(7-10-20)4-3-12(21)17-8-5-16/h11H,3-10H2,1-2H3,(H,17,21). The first-order valence-electron chi connectivity index (χ1n) is 8.13. The van der Waals surface area contributed by atoms with Gasteiger partial charge in [-0.2, -0.15) is 9.97 Å². The Hall–Kier alpha value is -2.05. The van der Waals surface area contributed by atoms with Crippen LogP contribution in [0.25, 0.3) is 0 Å². The highest BCUT2D eigenvalue weighted by molar-refractivity contribution is 5.76. The van der Waals surface area contributed by atoms with E-state index in [-0.39, 0.29) is 11.3 Å². The van der Waals surface area contributed by atoms with E-state index >= 15 is 0 Å². The molecule has 0 aliphatic carbocycles. The minimum Gasteiger partial charge on any atom is -0.481 e. The number of carbonyl (C=O) groups is 1. The van der Waals surface area contributed by atoms with Crippen molar-refractivity contribution in [3.63, 3.8) is 0 Å². The molecule has 7 nitrogen and oxygen atoms in total. The number of anilines is 1. The van der Waals surface area contributed by atoms with E-state index in [9.17, 15) is 4.79 Å². The summed E-state index contributed by atoms with van der Waals surface area (Å²) in [4.78, 5) is 22.6. The Morgan fingerprint density at radius 1 is 1.09 bits per heavy atom. The van der Waals surface area contributed by atoms with Gasteiger partial charge in [0.15, 0.2) is 0 Å². The number of amides is 1. The molecule has 3 heterocycles. The quantitative estimate of drug-likeness (QED) is 0.907. The number of nitrogens with one attached hydrogen (secondary N) is 1. The predicted octanol–water partition coefficient (Wildman–Crippen LogP) is 1.38. The first kappa shape index (κ1) is 15.8. The first-order valence-corrected chi connectivity index (χ1v) is 8.13. The molecule has 23 heavy (non-hydrogen) atoms. The predicted molar refractivity (Wildman–Crippen MR) is 85.9 cm³/mol. The average Bonchev–Trinajstić information content (AvgIpc) is 2.77. The molecule has 0 aromatic carbocycles. The van der Waals surface area contributed by atoms with Gasteiger partial charge in [0.1, 0.15) is 0 Å². The van der Waals surface area contributed by atoms with E-state index in [1.54, 1.807) is 20.3 Å². The van der Waals surface area contributed by atoms with Crippen LogP contribution in [0, 0.1) is 5.41 Å². The lowest BCUT2D eigenvalue weighted by atomic mass is 9.73. The van der Waals surface area contributed by atoms with Gasteiger partial charge in [0.05, 0.1) is 20.3 Å². The summed E-state index contributed by atoms with van der Waals surface area (Å²) in [6, 6.07) is 1.68. The van der Waals surface area contributed by atoms with E-state index < -0.39 is 0 Å². The normalized spacial score (nSPS) is 20.8. The lowest BCUT2D eigenvalue weighted by Crippen LogP contribution is -2.41. The monoisotopic (exact) mass is 320 g/mol. The zero-order valence-electron chi connectivity index (χ0n) is 13.8. The summed E-state index contributed by atoms with van der Waals surface area (Å²) in [5, 5.41) is 2.98. The van der Waals surface area contributed by atoms with Crippen molar-refractivity contribution in [2.75, 3.05) is 38.8 Å². The maximum absolute atomic E-state index is 11.6. The number of nitrogens with zero attached hydrogens (tertiary/aromatic N) is 3. The van der Waals surface area contributed by atoms with Crippen LogP contribution in [0.3, 0.4) is 0 Å². The Morgan fingerprint density at radius 3 is 2.35 bits per heavy atom. The SMILES string of the molecule is COc1cc(OC)nc(N2CCC3(CCNC(=O)CC3)CC2)n1. The molecule has 0 saturated carbocycles. The van der Waals surface area contributed by atoms with Crippen molar-refractivity contribution in [1.29, 1.82) is 0 Å². The molecular weight excluding hydrogens is 296 g/mol. The number of piperidine rings is 1. The van der Waals surface area contributed by atoms with Gasteiger partial charge < -0.3 is 19.7 Å². The molecule has 7 heteroatoms. The van der Waals surface area contributed by atoms with Crippen molar-refractivity contribution in [1.82, 2.24) is 15.3 Å². The lowest BCUT2D eigenvalue weighted by Gasteiger charge is -2.41. The fourth-order valence-corrected chi connectivity index (χ4v) is 3.48. The lowest BCUT2D eigenvalue weighted by molar-refractivity contribution is -0.120. The van der Waals surface area contributed by atoms with Crippen molar-refractivity contribution in [3.05, 3.63) is 6.07 Å². The Balaban J connectivity index is 1.70. The molecular formula is C16H24N4O3. The first-order chi connectivity index (χ1) is 11.1. The van der Waals surface area contributed by atoms with E-state index in [4.69, 9.17) is 9.47 Å². The maximum atomic E-state index is 11.6. The topological polar surface area (TPSA) is 76.6 Å². The minimum absolute atomic E-state index is 0.185. The van der Waals surface area contributed by atoms with Crippen molar-refractivity contribution in [3.8, 4) is 11.8 Å². The van der Waals surface area contributed by atoms with Gasteiger partial charge in [-0.3, -0.25) is 4.79 Å². The van der Waals surface area contributed by atoms with E-state index in [0.717, 1.165) is 45.3 Å². The van der Waals surface area contributed by atoms with E-state index in [1.165, 1.54) is 0 Å². The van der Waals surface area contributed by atoms with Crippen LogP contribution in [0.2, 0.25) is 0 Å². The third-order valence-corrected chi connectivity index (χ3v) is 5.05. The van der Waals surface area contributed by atoms with Gasteiger partial charge in [-0.25, -0.2) is 0 Å². The molecule has 2 aliphatic heterocycles. The average molecular weight is 320 g/mol. The van der Waals surface area contributed by atoms with Crippen LogP contribution in [-0.4, -0.2) is 49.7 Å². The molecule has 2 aliphatic rings. The molecule has 126 valence electrons. The van der Waals surface area contributed by atoms with Gasteiger partial charge in [0, 0.05) is 26.1 Å². The van der Waals surface area contributed by atoms with Gasteiger partial charge in [0.2, 0.25) is 23.6 Å². The molecule has 1 N–H and O–H groups in total. The molecule has 1 spiro atoms. The fourth-order valence-electron chi connectivity index (χ4n) is 3.48. The van der Waals surface area contributed by atoms with Crippen molar-refractivity contribution >= 4 is 11.9 Å². The molecule has 2 fully saturated rings. The number of carbonyl (C=O) groups excluding carboxylic acids is 1. The zero-order chi connectivity index (χ0) is 16.3. The molecule has 3 rings (SSSR count). The second-order valence-corrected chi connectivity index (χ2v) is 6.34. The highest BCUT2D eigenvalue weighted by Crippen LogP contribution is 2.41. The van der Waals surface area contributed by atoms with Gasteiger partial charge in [-0.05, 0) is 31.1 Å². The van der Waals surface area contributed by atoms with Crippen LogP contribution < -0.4 is 19.7 Å². The molecule has 2 saturated heterocycles. The van der Waals surface area contributed by atoms with Crippen LogP contribution in [0.5, 0.6) is 11.8 Å². The van der Waals surface area contributed by atoms with Gasteiger partial charge in [-0.15, -0.1) is 0 Å². The zero-order valence-corrected chi connectivity index (χ0v) is 13.8. The molecule has 0 bridgehead atoms. The van der Waals surface area contributed by atoms with Crippen LogP contribution >= 0.6 is 0 Å². The number of hydrogen-bond acceptors (Lipinski definition) is 6. The molecule has 0 unspecified atom stereocenters. The largest absolute Gasteiger partial charge is 0.481 e. The van der Waals surface area contributed by atoms with Crippen LogP contribution in [0.15, 0.2) is 6.07 Å². The van der Waals surface area contributed by atoms with Crippen molar-refractivity contribution in [2.45, 2.75) is 32.1 Å². The van der Waals surface area contributed by atoms with Gasteiger partial charge in [-0.1, -0.05) is 0 Å².